The Hall–Kier alpha value is -2.24. The summed E-state index contributed by atoms with van der Waals surface area (Å²) in [5, 5.41) is 23.5. The second-order valence-corrected chi connectivity index (χ2v) is 5.20. The van der Waals surface area contributed by atoms with Crippen LogP contribution in [0.4, 0.5) is 4.79 Å². The van der Waals surface area contributed by atoms with E-state index in [1.165, 1.54) is 12.1 Å². The lowest BCUT2D eigenvalue weighted by Gasteiger charge is -2.15. The molecule has 2 unspecified atom stereocenters. The third-order valence-corrected chi connectivity index (χ3v) is 3.41. The van der Waals surface area contributed by atoms with Crippen LogP contribution in [0.2, 0.25) is 0 Å². The molecule has 0 bridgehead atoms. The van der Waals surface area contributed by atoms with Crippen molar-refractivity contribution >= 4 is 12.0 Å². The molecule has 0 spiro atoms. The lowest BCUT2D eigenvalue weighted by atomic mass is 10.1. The van der Waals surface area contributed by atoms with E-state index in [4.69, 9.17) is 5.11 Å². The fourth-order valence-electron chi connectivity index (χ4n) is 1.96. The molecule has 1 aliphatic rings. The standard InChI is InChI=1S/C14H18N2O4/c1-8-6-11(8)15-14(20)16-12(13(18)19)7-9-2-4-10(17)5-3-9/h2-5,8,11-12,17H,6-7H2,1H3,(H,18,19)(H2,15,16,20)/t8?,11?,12-/m0/s1. The van der Waals surface area contributed by atoms with Crippen molar-refractivity contribution < 1.29 is 19.8 Å². The number of aliphatic carboxylic acids is 1. The molecule has 20 heavy (non-hydrogen) atoms. The van der Waals surface area contributed by atoms with E-state index in [1.54, 1.807) is 12.1 Å². The van der Waals surface area contributed by atoms with Crippen LogP contribution in [0.1, 0.15) is 18.9 Å². The average Bonchev–Trinajstić information content (AvgIpc) is 3.06. The zero-order chi connectivity index (χ0) is 14.7. The van der Waals surface area contributed by atoms with Crippen LogP contribution in [0.25, 0.3) is 0 Å². The first kappa shape index (κ1) is 14.2. The van der Waals surface area contributed by atoms with E-state index in [1.807, 2.05) is 6.92 Å². The highest BCUT2D eigenvalue weighted by Gasteiger charge is 2.34. The monoisotopic (exact) mass is 278 g/mol. The minimum absolute atomic E-state index is 0.119. The first-order valence-corrected chi connectivity index (χ1v) is 6.53. The summed E-state index contributed by atoms with van der Waals surface area (Å²) in [4.78, 5) is 22.9. The summed E-state index contributed by atoms with van der Waals surface area (Å²) in [6, 6.07) is 4.94. The summed E-state index contributed by atoms with van der Waals surface area (Å²) < 4.78 is 0. The Morgan fingerprint density at radius 3 is 2.45 bits per heavy atom. The quantitative estimate of drug-likeness (QED) is 0.648. The van der Waals surface area contributed by atoms with Crippen molar-refractivity contribution in [2.45, 2.75) is 31.8 Å². The molecule has 108 valence electrons. The Kier molecular flexibility index (Phi) is 4.12. The number of phenols is 1. The summed E-state index contributed by atoms with van der Waals surface area (Å²) in [5.41, 5.74) is 0.732. The number of nitrogens with one attached hydrogen (secondary N) is 2. The Bertz CT molecular complexity index is 500. The van der Waals surface area contributed by atoms with Crippen molar-refractivity contribution in [1.29, 1.82) is 0 Å². The van der Waals surface area contributed by atoms with E-state index in [0.29, 0.717) is 5.92 Å². The second kappa shape index (κ2) is 5.81. The van der Waals surface area contributed by atoms with Crippen LogP contribution in [-0.4, -0.2) is 34.3 Å². The molecule has 1 aromatic carbocycles. The molecule has 2 amide bonds. The highest BCUT2D eigenvalue weighted by Crippen LogP contribution is 2.28. The van der Waals surface area contributed by atoms with Crippen molar-refractivity contribution in [3.8, 4) is 5.75 Å². The molecule has 1 aliphatic carbocycles. The zero-order valence-corrected chi connectivity index (χ0v) is 11.2. The summed E-state index contributed by atoms with van der Waals surface area (Å²) in [7, 11) is 0. The Morgan fingerprint density at radius 2 is 1.95 bits per heavy atom. The number of carbonyl (C=O) groups excluding carboxylic acids is 1. The van der Waals surface area contributed by atoms with Crippen LogP contribution in [0, 0.1) is 5.92 Å². The highest BCUT2D eigenvalue weighted by atomic mass is 16.4. The van der Waals surface area contributed by atoms with Crippen molar-refractivity contribution in [1.82, 2.24) is 10.6 Å². The maximum Gasteiger partial charge on any atom is 0.326 e. The average molecular weight is 278 g/mol. The molecule has 6 heteroatoms. The van der Waals surface area contributed by atoms with Crippen LogP contribution in [0.15, 0.2) is 24.3 Å². The van der Waals surface area contributed by atoms with Crippen LogP contribution in [-0.2, 0) is 11.2 Å². The van der Waals surface area contributed by atoms with E-state index in [9.17, 15) is 14.7 Å². The molecule has 4 N–H and O–H groups in total. The number of phenolic OH excluding ortho intramolecular Hbond substituents is 1. The summed E-state index contributed by atoms with van der Waals surface area (Å²) in [5.74, 6) is -0.507. The van der Waals surface area contributed by atoms with Gasteiger partial charge >= 0.3 is 12.0 Å². The van der Waals surface area contributed by atoms with Gasteiger partial charge in [0.05, 0.1) is 0 Å². The van der Waals surface area contributed by atoms with Crippen LogP contribution in [0.3, 0.4) is 0 Å². The van der Waals surface area contributed by atoms with E-state index < -0.39 is 18.0 Å². The summed E-state index contributed by atoms with van der Waals surface area (Å²) in [6.07, 6.45) is 1.10. The molecule has 1 saturated carbocycles. The Balaban J connectivity index is 1.91. The predicted octanol–water partition coefficient (Wildman–Crippen LogP) is 1.10. The van der Waals surface area contributed by atoms with Crippen molar-refractivity contribution in [2.24, 2.45) is 5.92 Å². The van der Waals surface area contributed by atoms with E-state index in [-0.39, 0.29) is 18.2 Å². The largest absolute Gasteiger partial charge is 0.508 e. The number of carbonyl (C=O) groups is 2. The van der Waals surface area contributed by atoms with Gasteiger partial charge in [-0.1, -0.05) is 19.1 Å². The number of hydrogen-bond donors (Lipinski definition) is 4. The number of benzene rings is 1. The third-order valence-electron chi connectivity index (χ3n) is 3.41. The van der Waals surface area contributed by atoms with Gasteiger partial charge in [0.2, 0.25) is 0 Å². The zero-order valence-electron chi connectivity index (χ0n) is 11.2. The molecule has 1 fully saturated rings. The smallest absolute Gasteiger partial charge is 0.326 e. The Morgan fingerprint density at radius 1 is 1.35 bits per heavy atom. The van der Waals surface area contributed by atoms with Gasteiger partial charge in [0.25, 0.3) is 0 Å². The van der Waals surface area contributed by atoms with E-state index >= 15 is 0 Å². The van der Waals surface area contributed by atoms with Crippen LogP contribution >= 0.6 is 0 Å². The van der Waals surface area contributed by atoms with Gasteiger partial charge in [0, 0.05) is 12.5 Å². The number of hydrogen-bond acceptors (Lipinski definition) is 3. The molecular formula is C14H18N2O4. The minimum atomic E-state index is -1.09. The first-order chi connectivity index (χ1) is 9.45. The molecule has 2 rings (SSSR count). The van der Waals surface area contributed by atoms with Gasteiger partial charge in [0.1, 0.15) is 11.8 Å². The predicted molar refractivity (Wildman–Crippen MR) is 72.5 cm³/mol. The molecule has 0 saturated heterocycles. The van der Waals surface area contributed by atoms with Crippen molar-refractivity contribution in [3.05, 3.63) is 29.8 Å². The number of carboxylic acids is 1. The highest BCUT2D eigenvalue weighted by molar-refractivity contribution is 5.83. The summed E-state index contributed by atoms with van der Waals surface area (Å²) in [6.45, 7) is 2.02. The van der Waals surface area contributed by atoms with Gasteiger partial charge in [-0.2, -0.15) is 0 Å². The van der Waals surface area contributed by atoms with Gasteiger partial charge in [-0.25, -0.2) is 9.59 Å². The van der Waals surface area contributed by atoms with Gasteiger partial charge in [-0.3, -0.25) is 0 Å². The van der Waals surface area contributed by atoms with Gasteiger partial charge in [0.15, 0.2) is 0 Å². The maximum absolute atomic E-state index is 11.7. The lowest BCUT2D eigenvalue weighted by molar-refractivity contribution is -0.139. The number of rotatable bonds is 5. The van der Waals surface area contributed by atoms with Gasteiger partial charge in [-0.15, -0.1) is 0 Å². The van der Waals surface area contributed by atoms with E-state index in [0.717, 1.165) is 12.0 Å². The first-order valence-electron chi connectivity index (χ1n) is 6.53. The van der Waals surface area contributed by atoms with Gasteiger partial charge in [-0.05, 0) is 30.0 Å². The van der Waals surface area contributed by atoms with Crippen LogP contribution in [0.5, 0.6) is 5.75 Å². The fraction of sp³-hybridized carbons (Fsp3) is 0.429. The van der Waals surface area contributed by atoms with Crippen molar-refractivity contribution in [3.63, 3.8) is 0 Å². The molecular weight excluding hydrogens is 260 g/mol. The maximum atomic E-state index is 11.7. The molecule has 0 aromatic heterocycles. The molecule has 0 aliphatic heterocycles. The second-order valence-electron chi connectivity index (χ2n) is 5.20. The number of carboxylic acid groups (broad SMARTS) is 1. The molecule has 3 atom stereocenters. The van der Waals surface area contributed by atoms with E-state index in [2.05, 4.69) is 10.6 Å². The number of urea groups is 1. The van der Waals surface area contributed by atoms with Crippen molar-refractivity contribution in [2.75, 3.05) is 0 Å². The number of aromatic hydroxyl groups is 1. The lowest BCUT2D eigenvalue weighted by Crippen LogP contribution is -2.47. The molecule has 0 radical (unpaired) electrons. The third kappa shape index (κ3) is 3.88. The fourth-order valence-corrected chi connectivity index (χ4v) is 1.96. The van der Waals surface area contributed by atoms with Gasteiger partial charge < -0.3 is 20.8 Å². The Labute approximate surface area is 116 Å². The topological polar surface area (TPSA) is 98.7 Å². The van der Waals surface area contributed by atoms with Crippen LogP contribution < -0.4 is 10.6 Å². The minimum Gasteiger partial charge on any atom is -0.508 e. The number of amides is 2. The molecule has 1 aromatic rings. The summed E-state index contributed by atoms with van der Waals surface area (Å²) >= 11 is 0. The normalized spacial score (nSPS) is 21.9. The molecule has 6 nitrogen and oxygen atoms in total. The molecule has 0 heterocycles. The SMILES string of the molecule is CC1CC1NC(=O)N[C@@H](Cc1ccc(O)cc1)C(=O)O.